The van der Waals surface area contributed by atoms with Crippen LogP contribution in [-0.2, 0) is 6.42 Å². The van der Waals surface area contributed by atoms with Gasteiger partial charge in [-0.15, -0.1) is 0 Å². The second-order valence-corrected chi connectivity index (χ2v) is 8.42. The summed E-state index contributed by atoms with van der Waals surface area (Å²) in [5.41, 5.74) is 5.02. The van der Waals surface area contributed by atoms with Crippen molar-refractivity contribution >= 4 is 16.6 Å². The molecule has 33 heavy (non-hydrogen) atoms. The number of fused-ring (bicyclic) bond motifs is 1. The van der Waals surface area contributed by atoms with Crippen molar-refractivity contribution in [2.75, 3.05) is 37.6 Å². The molecular formula is C26H26N6O. The van der Waals surface area contributed by atoms with E-state index in [-0.39, 0.29) is 5.56 Å². The summed E-state index contributed by atoms with van der Waals surface area (Å²) in [6.45, 7) is 5.13. The van der Waals surface area contributed by atoms with E-state index in [1.54, 1.807) is 10.9 Å². The van der Waals surface area contributed by atoms with Gasteiger partial charge in [-0.05, 0) is 67.4 Å². The maximum atomic E-state index is 12.0. The molecule has 7 heteroatoms. The van der Waals surface area contributed by atoms with Crippen LogP contribution in [0.1, 0.15) is 17.5 Å². The Morgan fingerprint density at radius 1 is 1.00 bits per heavy atom. The highest BCUT2D eigenvalue weighted by atomic mass is 16.1. The number of nitrogens with one attached hydrogen (secondary N) is 1. The van der Waals surface area contributed by atoms with Crippen LogP contribution in [0.2, 0.25) is 0 Å². The average Bonchev–Trinajstić information content (AvgIpc) is 3.27. The van der Waals surface area contributed by atoms with Crippen LogP contribution in [0.3, 0.4) is 0 Å². The lowest BCUT2D eigenvalue weighted by Crippen LogP contribution is -2.46. The van der Waals surface area contributed by atoms with E-state index in [1.807, 2.05) is 30.3 Å². The molecule has 2 aromatic carbocycles. The van der Waals surface area contributed by atoms with Gasteiger partial charge in [-0.3, -0.25) is 14.3 Å². The van der Waals surface area contributed by atoms with E-state index in [0.29, 0.717) is 5.56 Å². The number of hydrogen-bond acceptors (Lipinski definition) is 5. The molecule has 166 valence electrons. The van der Waals surface area contributed by atoms with E-state index in [9.17, 15) is 4.79 Å². The lowest BCUT2D eigenvalue weighted by Gasteiger charge is -2.36. The molecule has 1 saturated heterocycles. The molecule has 0 radical (unpaired) electrons. The van der Waals surface area contributed by atoms with Crippen molar-refractivity contribution < 1.29 is 0 Å². The number of aromatic nitrogens is 3. The minimum atomic E-state index is -0.0792. The number of anilines is 1. The second-order valence-electron chi connectivity index (χ2n) is 8.42. The standard InChI is InChI=1S/C26H26N6O/c27-17-20-3-8-25-24(16-20)21(18-29-25)2-1-11-30-12-14-31(15-13-30)22-4-6-23(7-5-22)32-19-28-10-9-26(32)33/h3-10,16,18-19,29H,1-2,11-15H2. The zero-order valence-corrected chi connectivity index (χ0v) is 18.4. The number of nitriles is 1. The van der Waals surface area contributed by atoms with Crippen molar-refractivity contribution in [3.63, 3.8) is 0 Å². The molecule has 1 aliphatic rings. The molecule has 0 bridgehead atoms. The molecule has 4 aromatic rings. The molecule has 0 unspecified atom stereocenters. The monoisotopic (exact) mass is 438 g/mol. The Morgan fingerprint density at radius 3 is 2.55 bits per heavy atom. The van der Waals surface area contributed by atoms with Crippen molar-refractivity contribution in [2.24, 2.45) is 0 Å². The molecule has 0 atom stereocenters. The molecule has 3 heterocycles. The highest BCUT2D eigenvalue weighted by molar-refractivity contribution is 5.84. The predicted octanol–water partition coefficient (Wildman–Crippen LogP) is 3.34. The largest absolute Gasteiger partial charge is 0.369 e. The van der Waals surface area contributed by atoms with E-state index < -0.39 is 0 Å². The first-order chi connectivity index (χ1) is 16.2. The fourth-order valence-electron chi connectivity index (χ4n) is 4.54. The lowest BCUT2D eigenvalue weighted by atomic mass is 10.1. The van der Waals surface area contributed by atoms with Gasteiger partial charge in [-0.2, -0.15) is 5.26 Å². The van der Waals surface area contributed by atoms with Gasteiger partial charge in [0.1, 0.15) is 6.33 Å². The molecular weight excluding hydrogens is 412 g/mol. The minimum absolute atomic E-state index is 0.0792. The minimum Gasteiger partial charge on any atom is -0.369 e. The van der Waals surface area contributed by atoms with Gasteiger partial charge in [-0.1, -0.05) is 0 Å². The van der Waals surface area contributed by atoms with Gasteiger partial charge in [0, 0.05) is 61.2 Å². The maximum absolute atomic E-state index is 12.0. The van der Waals surface area contributed by atoms with Gasteiger partial charge < -0.3 is 9.88 Å². The van der Waals surface area contributed by atoms with Crippen LogP contribution < -0.4 is 10.5 Å². The highest BCUT2D eigenvalue weighted by Gasteiger charge is 2.17. The third kappa shape index (κ3) is 4.52. The van der Waals surface area contributed by atoms with E-state index in [4.69, 9.17) is 5.26 Å². The van der Waals surface area contributed by atoms with Crippen molar-refractivity contribution in [1.82, 2.24) is 19.4 Å². The van der Waals surface area contributed by atoms with Crippen molar-refractivity contribution in [3.05, 3.63) is 88.7 Å². The van der Waals surface area contributed by atoms with Crippen LogP contribution >= 0.6 is 0 Å². The van der Waals surface area contributed by atoms with E-state index in [2.05, 4.69) is 44.2 Å². The number of hydrogen-bond donors (Lipinski definition) is 1. The fourth-order valence-corrected chi connectivity index (χ4v) is 4.54. The van der Waals surface area contributed by atoms with Crippen LogP contribution in [0.4, 0.5) is 5.69 Å². The van der Waals surface area contributed by atoms with Crippen LogP contribution in [0, 0.1) is 11.3 Å². The highest BCUT2D eigenvalue weighted by Crippen LogP contribution is 2.22. The molecule has 1 N–H and O–H groups in total. The Kier molecular flexibility index (Phi) is 5.92. The van der Waals surface area contributed by atoms with Gasteiger partial charge >= 0.3 is 0 Å². The predicted molar refractivity (Wildman–Crippen MR) is 130 cm³/mol. The number of piperazine rings is 1. The molecule has 0 spiro atoms. The summed E-state index contributed by atoms with van der Waals surface area (Å²) in [6.07, 6.45) is 7.24. The molecule has 7 nitrogen and oxygen atoms in total. The Labute approximate surface area is 192 Å². The van der Waals surface area contributed by atoms with Gasteiger partial charge in [0.15, 0.2) is 0 Å². The van der Waals surface area contributed by atoms with Gasteiger partial charge in [0.2, 0.25) is 0 Å². The zero-order valence-electron chi connectivity index (χ0n) is 18.4. The van der Waals surface area contributed by atoms with Crippen molar-refractivity contribution in [3.8, 4) is 11.8 Å². The summed E-state index contributed by atoms with van der Waals surface area (Å²) in [7, 11) is 0. The molecule has 1 fully saturated rings. The number of benzene rings is 2. The quantitative estimate of drug-likeness (QED) is 0.499. The summed E-state index contributed by atoms with van der Waals surface area (Å²) in [4.78, 5) is 24.3. The summed E-state index contributed by atoms with van der Waals surface area (Å²) < 4.78 is 1.55. The number of nitrogens with zero attached hydrogens (tertiary/aromatic N) is 5. The third-order valence-corrected chi connectivity index (χ3v) is 6.41. The third-order valence-electron chi connectivity index (χ3n) is 6.41. The van der Waals surface area contributed by atoms with Crippen LogP contribution in [0.15, 0.2) is 72.0 Å². The Morgan fingerprint density at radius 2 is 1.79 bits per heavy atom. The summed E-state index contributed by atoms with van der Waals surface area (Å²) >= 11 is 0. The van der Waals surface area contributed by atoms with Crippen molar-refractivity contribution in [1.29, 1.82) is 5.26 Å². The number of H-pyrrole nitrogens is 1. The van der Waals surface area contributed by atoms with Crippen LogP contribution in [0.5, 0.6) is 0 Å². The lowest BCUT2D eigenvalue weighted by molar-refractivity contribution is 0.255. The van der Waals surface area contributed by atoms with Gasteiger partial charge in [-0.25, -0.2) is 4.98 Å². The summed E-state index contributed by atoms with van der Waals surface area (Å²) in [5.74, 6) is 0. The van der Waals surface area contributed by atoms with Crippen LogP contribution in [-0.4, -0.2) is 52.2 Å². The van der Waals surface area contributed by atoms with Crippen molar-refractivity contribution in [2.45, 2.75) is 12.8 Å². The first kappa shape index (κ1) is 21.0. The van der Waals surface area contributed by atoms with Gasteiger partial charge in [0.25, 0.3) is 5.56 Å². The number of rotatable bonds is 6. The Balaban J connectivity index is 1.13. The summed E-state index contributed by atoms with van der Waals surface area (Å²) in [5, 5.41) is 10.3. The molecule has 2 aromatic heterocycles. The van der Waals surface area contributed by atoms with E-state index in [1.165, 1.54) is 23.5 Å². The SMILES string of the molecule is N#Cc1ccc2[nH]cc(CCCN3CCN(c4ccc(-n5cnccc5=O)cc4)CC3)c2c1. The van der Waals surface area contributed by atoms with E-state index in [0.717, 1.165) is 62.2 Å². The first-order valence-corrected chi connectivity index (χ1v) is 11.3. The molecule has 1 aliphatic heterocycles. The average molecular weight is 439 g/mol. The second kappa shape index (κ2) is 9.31. The summed E-state index contributed by atoms with van der Waals surface area (Å²) in [6, 6.07) is 17.6. The molecule has 5 rings (SSSR count). The molecule has 0 aliphatic carbocycles. The maximum Gasteiger partial charge on any atom is 0.257 e. The molecule has 0 saturated carbocycles. The first-order valence-electron chi connectivity index (χ1n) is 11.3. The topological polar surface area (TPSA) is 81.0 Å². The fraction of sp³-hybridized carbons (Fsp3) is 0.269. The van der Waals surface area contributed by atoms with Crippen LogP contribution in [0.25, 0.3) is 16.6 Å². The Bertz CT molecular complexity index is 1340. The zero-order chi connectivity index (χ0) is 22.6. The number of aromatic amines is 1. The van der Waals surface area contributed by atoms with Gasteiger partial charge in [0.05, 0.1) is 17.3 Å². The normalized spacial score (nSPS) is 14.5. The molecule has 0 amide bonds. The van der Waals surface area contributed by atoms with E-state index >= 15 is 0 Å². The number of aryl methyl sites for hydroxylation is 1. The Hall–Kier alpha value is -3.89. The smallest absolute Gasteiger partial charge is 0.257 e.